The Balaban J connectivity index is 2.62. The lowest BCUT2D eigenvalue weighted by Crippen LogP contribution is -2.26. The SMILES string of the molecule is COc1ccc(CNCCC(=O)N(C)C)cc1C(N)=NO. The molecule has 0 radical (unpaired) electrons. The molecule has 1 amide bonds. The molecule has 0 aliphatic heterocycles. The number of hydrogen-bond acceptors (Lipinski definition) is 5. The molecular formula is C14H22N4O3. The number of methoxy groups -OCH3 is 1. The summed E-state index contributed by atoms with van der Waals surface area (Å²) in [5, 5.41) is 14.9. The summed E-state index contributed by atoms with van der Waals surface area (Å²) in [5.74, 6) is 0.614. The molecule has 4 N–H and O–H groups in total. The summed E-state index contributed by atoms with van der Waals surface area (Å²) in [6, 6.07) is 5.43. The molecule has 0 aliphatic carbocycles. The van der Waals surface area contributed by atoms with E-state index in [1.54, 1.807) is 31.1 Å². The number of benzene rings is 1. The lowest BCUT2D eigenvalue weighted by atomic mass is 10.1. The van der Waals surface area contributed by atoms with E-state index in [-0.39, 0.29) is 11.7 Å². The third-order valence-corrected chi connectivity index (χ3v) is 2.99. The van der Waals surface area contributed by atoms with Gasteiger partial charge in [0.2, 0.25) is 5.91 Å². The largest absolute Gasteiger partial charge is 0.496 e. The van der Waals surface area contributed by atoms with E-state index >= 15 is 0 Å². The smallest absolute Gasteiger partial charge is 0.223 e. The van der Waals surface area contributed by atoms with Gasteiger partial charge in [0.05, 0.1) is 12.7 Å². The first-order valence-corrected chi connectivity index (χ1v) is 6.55. The highest BCUT2D eigenvalue weighted by atomic mass is 16.5. The number of nitrogens with zero attached hydrogens (tertiary/aromatic N) is 2. The number of hydrogen-bond donors (Lipinski definition) is 3. The Morgan fingerprint density at radius 3 is 2.76 bits per heavy atom. The molecule has 116 valence electrons. The zero-order chi connectivity index (χ0) is 15.8. The van der Waals surface area contributed by atoms with Crippen LogP contribution in [0.25, 0.3) is 0 Å². The van der Waals surface area contributed by atoms with Gasteiger partial charge in [-0.2, -0.15) is 0 Å². The van der Waals surface area contributed by atoms with Crippen molar-refractivity contribution >= 4 is 11.7 Å². The van der Waals surface area contributed by atoms with Gasteiger partial charge in [-0.05, 0) is 17.7 Å². The third-order valence-electron chi connectivity index (χ3n) is 2.99. The van der Waals surface area contributed by atoms with Gasteiger partial charge in [0.15, 0.2) is 5.84 Å². The minimum atomic E-state index is -0.00325. The van der Waals surface area contributed by atoms with Gasteiger partial charge in [0.1, 0.15) is 5.75 Å². The molecule has 1 aromatic rings. The first kappa shape index (κ1) is 16.8. The van der Waals surface area contributed by atoms with E-state index in [9.17, 15) is 4.79 Å². The fraction of sp³-hybridized carbons (Fsp3) is 0.429. The summed E-state index contributed by atoms with van der Waals surface area (Å²) in [5.41, 5.74) is 7.10. The van der Waals surface area contributed by atoms with Crippen molar-refractivity contribution in [1.82, 2.24) is 10.2 Å². The van der Waals surface area contributed by atoms with E-state index in [0.717, 1.165) is 5.56 Å². The molecular weight excluding hydrogens is 272 g/mol. The first-order valence-electron chi connectivity index (χ1n) is 6.55. The molecule has 0 fully saturated rings. The van der Waals surface area contributed by atoms with Crippen LogP contribution in [-0.4, -0.2) is 49.6 Å². The molecule has 0 saturated heterocycles. The fourth-order valence-corrected chi connectivity index (χ4v) is 1.77. The number of nitrogens with two attached hydrogens (primary N) is 1. The molecule has 0 saturated carbocycles. The standard InChI is InChI=1S/C14H22N4O3/c1-18(2)13(19)6-7-16-9-10-4-5-12(21-3)11(8-10)14(15)17-20/h4-5,8,16,20H,6-7,9H2,1-3H3,(H2,15,17). The number of rotatable bonds is 7. The Morgan fingerprint density at radius 2 is 2.19 bits per heavy atom. The number of oxime groups is 1. The van der Waals surface area contributed by atoms with Crippen molar-refractivity contribution in [2.75, 3.05) is 27.7 Å². The number of carbonyl (C=O) groups excluding carboxylic acids is 1. The Morgan fingerprint density at radius 1 is 1.48 bits per heavy atom. The predicted molar refractivity (Wildman–Crippen MR) is 80.5 cm³/mol. The Labute approximate surface area is 124 Å². The van der Waals surface area contributed by atoms with Gasteiger partial charge in [0, 0.05) is 33.6 Å². The van der Waals surface area contributed by atoms with Crippen molar-refractivity contribution < 1.29 is 14.7 Å². The normalized spacial score (nSPS) is 11.3. The topological polar surface area (TPSA) is 100 Å². The van der Waals surface area contributed by atoms with Crippen molar-refractivity contribution in [3.63, 3.8) is 0 Å². The summed E-state index contributed by atoms with van der Waals surface area (Å²) >= 11 is 0. The molecule has 7 nitrogen and oxygen atoms in total. The molecule has 0 bridgehead atoms. The second-order valence-corrected chi connectivity index (χ2v) is 4.73. The van der Waals surface area contributed by atoms with E-state index in [1.807, 2.05) is 6.07 Å². The molecule has 0 spiro atoms. The van der Waals surface area contributed by atoms with Gasteiger partial charge < -0.3 is 25.9 Å². The number of nitrogens with one attached hydrogen (secondary N) is 1. The van der Waals surface area contributed by atoms with Crippen molar-refractivity contribution in [2.45, 2.75) is 13.0 Å². The molecule has 7 heteroatoms. The molecule has 21 heavy (non-hydrogen) atoms. The summed E-state index contributed by atoms with van der Waals surface area (Å²) < 4.78 is 5.16. The minimum absolute atomic E-state index is 0.00325. The molecule has 1 aromatic carbocycles. The van der Waals surface area contributed by atoms with Gasteiger partial charge in [-0.15, -0.1) is 0 Å². The third kappa shape index (κ3) is 4.96. The van der Waals surface area contributed by atoms with Crippen LogP contribution in [0.3, 0.4) is 0 Å². The van der Waals surface area contributed by atoms with Crippen LogP contribution < -0.4 is 15.8 Å². The number of amides is 1. The monoisotopic (exact) mass is 294 g/mol. The van der Waals surface area contributed by atoms with Crippen LogP contribution in [0.4, 0.5) is 0 Å². The quantitative estimate of drug-likeness (QED) is 0.222. The lowest BCUT2D eigenvalue weighted by Gasteiger charge is -2.12. The Bertz CT molecular complexity index is 515. The number of carbonyl (C=O) groups is 1. The van der Waals surface area contributed by atoms with Crippen LogP contribution in [0.15, 0.2) is 23.4 Å². The van der Waals surface area contributed by atoms with Crippen molar-refractivity contribution in [1.29, 1.82) is 0 Å². The highest BCUT2D eigenvalue weighted by molar-refractivity contribution is 5.99. The molecule has 0 atom stereocenters. The van der Waals surface area contributed by atoms with Crippen LogP contribution >= 0.6 is 0 Å². The second-order valence-electron chi connectivity index (χ2n) is 4.73. The second kappa shape index (κ2) is 8.11. The van der Waals surface area contributed by atoms with Gasteiger partial charge in [0.25, 0.3) is 0 Å². The zero-order valence-electron chi connectivity index (χ0n) is 12.6. The maximum atomic E-state index is 11.4. The highest BCUT2D eigenvalue weighted by Gasteiger charge is 2.09. The summed E-state index contributed by atoms with van der Waals surface area (Å²) in [7, 11) is 4.98. The average molecular weight is 294 g/mol. The van der Waals surface area contributed by atoms with Crippen LogP contribution in [0.1, 0.15) is 17.5 Å². The van der Waals surface area contributed by atoms with E-state index in [4.69, 9.17) is 15.7 Å². The van der Waals surface area contributed by atoms with Crippen molar-refractivity contribution in [3.05, 3.63) is 29.3 Å². The maximum Gasteiger partial charge on any atom is 0.223 e. The molecule has 1 rings (SSSR count). The van der Waals surface area contributed by atoms with Crippen molar-refractivity contribution in [2.24, 2.45) is 10.9 Å². The fourth-order valence-electron chi connectivity index (χ4n) is 1.77. The number of ether oxygens (including phenoxy) is 1. The summed E-state index contributed by atoms with van der Waals surface area (Å²) in [6.45, 7) is 1.17. The van der Waals surface area contributed by atoms with Gasteiger partial charge in [-0.25, -0.2) is 0 Å². The van der Waals surface area contributed by atoms with Crippen LogP contribution in [0.2, 0.25) is 0 Å². The van der Waals surface area contributed by atoms with Gasteiger partial charge >= 0.3 is 0 Å². The molecule has 0 aliphatic rings. The van der Waals surface area contributed by atoms with E-state index in [2.05, 4.69) is 10.5 Å². The predicted octanol–water partition coefficient (Wildman–Crippen LogP) is 0.358. The van der Waals surface area contributed by atoms with Gasteiger partial charge in [-0.1, -0.05) is 11.2 Å². The van der Waals surface area contributed by atoms with Crippen LogP contribution in [0, 0.1) is 0 Å². The molecule has 0 aromatic heterocycles. The minimum Gasteiger partial charge on any atom is -0.496 e. The Kier molecular flexibility index (Phi) is 6.48. The first-order chi connectivity index (χ1) is 9.99. The summed E-state index contributed by atoms with van der Waals surface area (Å²) in [4.78, 5) is 13.0. The average Bonchev–Trinajstić information content (AvgIpc) is 2.50. The number of amidine groups is 1. The van der Waals surface area contributed by atoms with E-state index < -0.39 is 0 Å². The van der Waals surface area contributed by atoms with Gasteiger partial charge in [-0.3, -0.25) is 4.79 Å². The Hall–Kier alpha value is -2.28. The maximum absolute atomic E-state index is 11.4. The van der Waals surface area contributed by atoms with E-state index in [0.29, 0.717) is 30.8 Å². The van der Waals surface area contributed by atoms with Crippen LogP contribution in [0.5, 0.6) is 5.75 Å². The molecule has 0 heterocycles. The van der Waals surface area contributed by atoms with E-state index in [1.165, 1.54) is 7.11 Å². The molecule has 0 unspecified atom stereocenters. The summed E-state index contributed by atoms with van der Waals surface area (Å²) in [6.07, 6.45) is 0.441. The highest BCUT2D eigenvalue weighted by Crippen LogP contribution is 2.19. The zero-order valence-corrected chi connectivity index (χ0v) is 12.6. The lowest BCUT2D eigenvalue weighted by molar-refractivity contribution is -0.128. The van der Waals surface area contributed by atoms with Crippen molar-refractivity contribution in [3.8, 4) is 5.75 Å². The van der Waals surface area contributed by atoms with Crippen LogP contribution in [-0.2, 0) is 11.3 Å².